The van der Waals surface area contributed by atoms with Crippen LogP contribution in [0, 0.1) is 11.3 Å². The molecule has 0 saturated carbocycles. The van der Waals surface area contributed by atoms with Gasteiger partial charge in [0.1, 0.15) is 10.4 Å². The lowest BCUT2D eigenvalue weighted by Gasteiger charge is -2.29. The van der Waals surface area contributed by atoms with Crippen LogP contribution in [0.4, 0.5) is 0 Å². The number of rotatable bonds is 2. The lowest BCUT2D eigenvalue weighted by Crippen LogP contribution is -2.38. The van der Waals surface area contributed by atoms with Crippen LogP contribution in [-0.4, -0.2) is 18.1 Å². The van der Waals surface area contributed by atoms with Gasteiger partial charge < -0.3 is 5.32 Å². The van der Waals surface area contributed by atoms with Crippen LogP contribution in [0.25, 0.3) is 11.3 Å². The van der Waals surface area contributed by atoms with Crippen LogP contribution >= 0.6 is 23.7 Å². The molecule has 3 nitrogen and oxygen atoms in total. The number of aromatic nitrogens is 1. The van der Waals surface area contributed by atoms with Gasteiger partial charge in [-0.1, -0.05) is 30.3 Å². The second-order valence-corrected chi connectivity index (χ2v) is 5.71. The third kappa shape index (κ3) is 2.71. The Morgan fingerprint density at radius 3 is 2.55 bits per heavy atom. The summed E-state index contributed by atoms with van der Waals surface area (Å²) in [7, 11) is 0. The summed E-state index contributed by atoms with van der Waals surface area (Å²) in [5.74, 6) is 0. The van der Waals surface area contributed by atoms with E-state index in [-0.39, 0.29) is 17.8 Å². The van der Waals surface area contributed by atoms with Crippen molar-refractivity contribution in [3.05, 3.63) is 40.7 Å². The van der Waals surface area contributed by atoms with Gasteiger partial charge in [0.25, 0.3) is 0 Å². The number of nitrogens with one attached hydrogen (secondary N) is 1. The molecule has 0 unspecified atom stereocenters. The zero-order valence-electron chi connectivity index (χ0n) is 11.0. The van der Waals surface area contributed by atoms with Crippen LogP contribution in [0.2, 0.25) is 0 Å². The molecule has 1 fully saturated rings. The second kappa shape index (κ2) is 6.36. The number of nitrogens with zero attached hydrogens (tertiary/aromatic N) is 2. The molecule has 0 radical (unpaired) electrons. The number of thiazole rings is 1. The van der Waals surface area contributed by atoms with Gasteiger partial charge in [0.2, 0.25) is 0 Å². The highest BCUT2D eigenvalue weighted by molar-refractivity contribution is 7.10. The predicted molar refractivity (Wildman–Crippen MR) is 84.2 cm³/mol. The smallest absolute Gasteiger partial charge is 0.114 e. The van der Waals surface area contributed by atoms with Crippen molar-refractivity contribution in [2.24, 2.45) is 0 Å². The molecule has 1 aliphatic rings. The van der Waals surface area contributed by atoms with Gasteiger partial charge >= 0.3 is 0 Å². The van der Waals surface area contributed by atoms with Gasteiger partial charge in [0.05, 0.1) is 11.8 Å². The van der Waals surface area contributed by atoms with E-state index in [4.69, 9.17) is 4.98 Å². The first-order valence-corrected chi connectivity index (χ1v) is 7.35. The van der Waals surface area contributed by atoms with Gasteiger partial charge in [-0.2, -0.15) is 5.26 Å². The Morgan fingerprint density at radius 2 is 1.90 bits per heavy atom. The predicted octanol–water partition coefficient (Wildman–Crippen LogP) is 3.38. The number of piperidine rings is 1. The van der Waals surface area contributed by atoms with Crippen molar-refractivity contribution in [3.8, 4) is 17.3 Å². The summed E-state index contributed by atoms with van der Waals surface area (Å²) in [5.41, 5.74) is 1.71. The van der Waals surface area contributed by atoms with Crippen molar-refractivity contribution in [3.63, 3.8) is 0 Å². The molecule has 1 saturated heterocycles. The number of nitriles is 1. The molecular formula is C15H16ClN3S. The summed E-state index contributed by atoms with van der Waals surface area (Å²) in [6.07, 6.45) is 1.70. The lowest BCUT2D eigenvalue weighted by molar-refractivity contribution is 0.381. The van der Waals surface area contributed by atoms with Gasteiger partial charge in [0.15, 0.2) is 0 Å². The monoisotopic (exact) mass is 305 g/mol. The molecule has 5 heteroatoms. The minimum atomic E-state index is -0.386. The third-order valence-corrected chi connectivity index (χ3v) is 4.70. The van der Waals surface area contributed by atoms with Crippen LogP contribution in [0.1, 0.15) is 17.8 Å². The minimum Gasteiger partial charge on any atom is -0.317 e. The van der Waals surface area contributed by atoms with Crippen LogP contribution < -0.4 is 5.32 Å². The van der Waals surface area contributed by atoms with Crippen molar-refractivity contribution in [2.45, 2.75) is 18.3 Å². The summed E-state index contributed by atoms with van der Waals surface area (Å²) in [6, 6.07) is 12.6. The average molecular weight is 306 g/mol. The zero-order chi connectivity index (χ0) is 13.1. The molecule has 1 aromatic carbocycles. The number of halogens is 1. The normalized spacial score (nSPS) is 16.9. The SMILES string of the molecule is Cl.N#CC1(c2nc(-c3ccccc3)cs2)CCNCC1. The molecule has 1 aliphatic heterocycles. The van der Waals surface area contributed by atoms with E-state index in [0.29, 0.717) is 0 Å². The van der Waals surface area contributed by atoms with Crippen LogP contribution in [0.3, 0.4) is 0 Å². The molecular weight excluding hydrogens is 290 g/mol. The standard InChI is InChI=1S/C15H15N3S.ClH/c16-11-15(6-8-17-9-7-15)14-18-13(10-19-14)12-4-2-1-3-5-12;/h1-5,10,17H,6-9H2;1H. The van der Waals surface area contributed by atoms with Crippen LogP contribution in [0.15, 0.2) is 35.7 Å². The minimum absolute atomic E-state index is 0. The highest BCUT2D eigenvalue weighted by Crippen LogP contribution is 2.36. The molecule has 0 atom stereocenters. The Morgan fingerprint density at radius 1 is 1.20 bits per heavy atom. The fraction of sp³-hybridized carbons (Fsp3) is 0.333. The molecule has 0 bridgehead atoms. The van der Waals surface area contributed by atoms with Crippen molar-refractivity contribution < 1.29 is 0 Å². The van der Waals surface area contributed by atoms with Crippen molar-refractivity contribution in [1.29, 1.82) is 5.26 Å². The zero-order valence-corrected chi connectivity index (χ0v) is 12.6. The van der Waals surface area contributed by atoms with Gasteiger partial charge in [-0.25, -0.2) is 4.98 Å². The number of benzene rings is 1. The topological polar surface area (TPSA) is 48.7 Å². The van der Waals surface area contributed by atoms with Gasteiger partial charge in [-0.05, 0) is 25.9 Å². The lowest BCUT2D eigenvalue weighted by atomic mass is 9.81. The third-order valence-electron chi connectivity index (χ3n) is 3.65. The maximum atomic E-state index is 9.56. The van der Waals surface area contributed by atoms with Crippen molar-refractivity contribution >= 4 is 23.7 Å². The summed E-state index contributed by atoms with van der Waals surface area (Å²) < 4.78 is 0. The molecule has 0 spiro atoms. The first-order chi connectivity index (χ1) is 9.34. The maximum Gasteiger partial charge on any atom is 0.114 e. The van der Waals surface area contributed by atoms with Crippen molar-refractivity contribution in [2.75, 3.05) is 13.1 Å². The first kappa shape index (κ1) is 15.0. The molecule has 2 aromatic rings. The molecule has 1 aromatic heterocycles. The van der Waals surface area contributed by atoms with Gasteiger partial charge in [-0.15, -0.1) is 23.7 Å². The van der Waals surface area contributed by atoms with E-state index < -0.39 is 0 Å². The first-order valence-electron chi connectivity index (χ1n) is 6.47. The molecule has 1 N–H and O–H groups in total. The Bertz CT molecular complexity index is 597. The summed E-state index contributed by atoms with van der Waals surface area (Å²) in [5, 5.41) is 15.9. The molecule has 20 heavy (non-hydrogen) atoms. The van der Waals surface area contributed by atoms with Gasteiger partial charge in [0, 0.05) is 10.9 Å². The Hall–Kier alpha value is -1.41. The molecule has 0 aliphatic carbocycles. The summed E-state index contributed by atoms with van der Waals surface area (Å²) >= 11 is 1.61. The van der Waals surface area contributed by atoms with Crippen molar-refractivity contribution in [1.82, 2.24) is 10.3 Å². The maximum absolute atomic E-state index is 9.56. The Labute approximate surface area is 129 Å². The van der Waals surface area contributed by atoms with E-state index >= 15 is 0 Å². The Kier molecular flexibility index (Phi) is 4.77. The van der Waals surface area contributed by atoms with Gasteiger partial charge in [-0.3, -0.25) is 0 Å². The second-order valence-electron chi connectivity index (χ2n) is 4.85. The highest BCUT2D eigenvalue weighted by Gasteiger charge is 2.36. The molecule has 0 amide bonds. The molecule has 2 heterocycles. The molecule has 104 valence electrons. The summed E-state index contributed by atoms with van der Waals surface area (Å²) in [6.45, 7) is 1.79. The fourth-order valence-electron chi connectivity index (χ4n) is 2.46. The largest absolute Gasteiger partial charge is 0.317 e. The van der Waals surface area contributed by atoms with E-state index in [1.165, 1.54) is 0 Å². The van der Waals surface area contributed by atoms with E-state index in [2.05, 4.69) is 28.9 Å². The van der Waals surface area contributed by atoms with Crippen LogP contribution in [-0.2, 0) is 5.41 Å². The fourth-order valence-corrected chi connectivity index (χ4v) is 3.50. The number of hydrogen-bond donors (Lipinski definition) is 1. The van der Waals surface area contributed by atoms with E-state index in [1.54, 1.807) is 11.3 Å². The van der Waals surface area contributed by atoms with E-state index in [9.17, 15) is 5.26 Å². The molecule has 3 rings (SSSR count). The average Bonchev–Trinajstić information content (AvgIpc) is 2.99. The Balaban J connectivity index is 0.00000147. The quantitative estimate of drug-likeness (QED) is 0.925. The summed E-state index contributed by atoms with van der Waals surface area (Å²) in [4.78, 5) is 4.72. The highest BCUT2D eigenvalue weighted by atomic mass is 35.5. The number of hydrogen-bond acceptors (Lipinski definition) is 4. The van der Waals surface area contributed by atoms with E-state index in [0.717, 1.165) is 42.2 Å². The van der Waals surface area contributed by atoms with E-state index in [1.807, 2.05) is 18.2 Å². The van der Waals surface area contributed by atoms with Crippen LogP contribution in [0.5, 0.6) is 0 Å².